The summed E-state index contributed by atoms with van der Waals surface area (Å²) in [5, 5.41) is 6.20. The number of nitrogens with zero attached hydrogens (tertiary/aromatic N) is 2. The van der Waals surface area contributed by atoms with Crippen LogP contribution in [0.15, 0.2) is 35.1 Å². The fourth-order valence-electron chi connectivity index (χ4n) is 2.91. The number of rotatable bonds is 3. The van der Waals surface area contributed by atoms with Crippen LogP contribution in [-0.2, 0) is 16.8 Å². The molecule has 1 aromatic carbocycles. The van der Waals surface area contributed by atoms with Crippen molar-refractivity contribution in [2.45, 2.75) is 31.7 Å². The Morgan fingerprint density at radius 2 is 2.05 bits per heavy atom. The SMILES string of the molecule is CC1(c2ccccc2)CCC(=O)N(Cc2n[nH]c(=O)[nH]2)C1. The van der Waals surface area contributed by atoms with Gasteiger partial charge in [-0.3, -0.25) is 9.78 Å². The number of carbonyl (C=O) groups excluding carboxylic acids is 1. The number of piperidine rings is 1. The summed E-state index contributed by atoms with van der Waals surface area (Å²) in [6, 6.07) is 10.2. The Hall–Kier alpha value is -2.37. The van der Waals surface area contributed by atoms with Crippen LogP contribution in [0.5, 0.6) is 0 Å². The molecule has 1 atom stereocenters. The molecule has 2 heterocycles. The fourth-order valence-corrected chi connectivity index (χ4v) is 2.91. The van der Waals surface area contributed by atoms with Gasteiger partial charge in [-0.1, -0.05) is 37.3 Å². The van der Waals surface area contributed by atoms with Crippen LogP contribution in [0, 0.1) is 0 Å². The Labute approximate surface area is 122 Å². The number of nitrogens with one attached hydrogen (secondary N) is 2. The highest BCUT2D eigenvalue weighted by Crippen LogP contribution is 2.34. The van der Waals surface area contributed by atoms with Gasteiger partial charge in [0.1, 0.15) is 0 Å². The van der Waals surface area contributed by atoms with E-state index in [0.717, 1.165) is 6.42 Å². The van der Waals surface area contributed by atoms with E-state index in [1.807, 2.05) is 18.2 Å². The second kappa shape index (κ2) is 5.20. The van der Waals surface area contributed by atoms with Gasteiger partial charge in [0.15, 0.2) is 5.82 Å². The molecule has 2 aromatic rings. The van der Waals surface area contributed by atoms with E-state index < -0.39 is 0 Å². The predicted octanol–water partition coefficient (Wildman–Crippen LogP) is 1.18. The van der Waals surface area contributed by atoms with Crippen molar-refractivity contribution in [1.29, 1.82) is 0 Å². The lowest BCUT2D eigenvalue weighted by molar-refractivity contribution is -0.136. The van der Waals surface area contributed by atoms with Crippen molar-refractivity contribution in [3.05, 3.63) is 52.2 Å². The summed E-state index contributed by atoms with van der Waals surface area (Å²) in [6.45, 7) is 3.14. The molecule has 1 fully saturated rings. The molecule has 3 rings (SSSR count). The number of aromatic amines is 2. The van der Waals surface area contributed by atoms with Gasteiger partial charge in [-0.2, -0.15) is 5.10 Å². The number of amides is 1. The summed E-state index contributed by atoms with van der Waals surface area (Å²) in [7, 11) is 0. The van der Waals surface area contributed by atoms with Crippen molar-refractivity contribution < 1.29 is 4.79 Å². The van der Waals surface area contributed by atoms with Crippen LogP contribution in [-0.4, -0.2) is 32.5 Å². The van der Waals surface area contributed by atoms with Crippen molar-refractivity contribution in [3.63, 3.8) is 0 Å². The van der Waals surface area contributed by atoms with E-state index in [2.05, 4.69) is 34.2 Å². The minimum Gasteiger partial charge on any atom is -0.334 e. The molecular weight excluding hydrogens is 268 g/mol. The van der Waals surface area contributed by atoms with Crippen molar-refractivity contribution >= 4 is 5.91 Å². The van der Waals surface area contributed by atoms with Crippen molar-refractivity contribution in [2.75, 3.05) is 6.54 Å². The largest absolute Gasteiger partial charge is 0.340 e. The van der Waals surface area contributed by atoms with Gasteiger partial charge in [0.2, 0.25) is 5.91 Å². The first-order chi connectivity index (χ1) is 10.1. The molecule has 1 amide bonds. The summed E-state index contributed by atoms with van der Waals surface area (Å²) >= 11 is 0. The van der Waals surface area contributed by atoms with E-state index in [-0.39, 0.29) is 17.0 Å². The smallest absolute Gasteiger partial charge is 0.334 e. The average Bonchev–Trinajstić information content (AvgIpc) is 2.89. The zero-order valence-corrected chi connectivity index (χ0v) is 11.9. The second-order valence-electron chi connectivity index (χ2n) is 5.80. The summed E-state index contributed by atoms with van der Waals surface area (Å²) in [5.41, 5.74) is 0.824. The van der Waals surface area contributed by atoms with Crippen molar-refractivity contribution in [2.24, 2.45) is 0 Å². The van der Waals surface area contributed by atoms with Crippen LogP contribution < -0.4 is 5.69 Å². The van der Waals surface area contributed by atoms with E-state index in [1.54, 1.807) is 4.90 Å². The van der Waals surface area contributed by atoms with Crippen LogP contribution in [0.25, 0.3) is 0 Å². The molecule has 6 nitrogen and oxygen atoms in total. The van der Waals surface area contributed by atoms with Crippen LogP contribution in [0.2, 0.25) is 0 Å². The number of aromatic nitrogens is 3. The molecule has 0 bridgehead atoms. The van der Waals surface area contributed by atoms with Crippen LogP contribution in [0.1, 0.15) is 31.2 Å². The normalized spacial score (nSPS) is 22.5. The first-order valence-corrected chi connectivity index (χ1v) is 7.04. The lowest BCUT2D eigenvalue weighted by Gasteiger charge is -2.40. The first-order valence-electron chi connectivity index (χ1n) is 7.04. The van der Waals surface area contributed by atoms with Gasteiger partial charge in [-0.05, 0) is 12.0 Å². The molecule has 0 radical (unpaired) electrons. The molecule has 2 N–H and O–H groups in total. The highest BCUT2D eigenvalue weighted by Gasteiger charge is 2.36. The van der Waals surface area contributed by atoms with E-state index in [4.69, 9.17) is 0 Å². The van der Waals surface area contributed by atoms with Gasteiger partial charge < -0.3 is 4.90 Å². The van der Waals surface area contributed by atoms with Crippen LogP contribution >= 0.6 is 0 Å². The zero-order valence-electron chi connectivity index (χ0n) is 11.9. The topological polar surface area (TPSA) is 81.8 Å². The van der Waals surface area contributed by atoms with Gasteiger partial charge in [-0.15, -0.1) is 0 Å². The lowest BCUT2D eigenvalue weighted by atomic mass is 9.76. The van der Waals surface area contributed by atoms with Gasteiger partial charge in [-0.25, -0.2) is 9.89 Å². The van der Waals surface area contributed by atoms with E-state index in [0.29, 0.717) is 25.3 Å². The fraction of sp³-hybridized carbons (Fsp3) is 0.400. The Balaban J connectivity index is 1.81. The highest BCUT2D eigenvalue weighted by atomic mass is 16.2. The molecule has 0 aliphatic carbocycles. The summed E-state index contributed by atoms with van der Waals surface area (Å²) in [4.78, 5) is 27.6. The zero-order chi connectivity index (χ0) is 14.9. The molecule has 1 unspecified atom stereocenters. The monoisotopic (exact) mass is 286 g/mol. The van der Waals surface area contributed by atoms with Crippen LogP contribution in [0.4, 0.5) is 0 Å². The number of H-pyrrole nitrogens is 2. The second-order valence-corrected chi connectivity index (χ2v) is 5.80. The maximum atomic E-state index is 12.1. The molecule has 0 spiro atoms. The van der Waals surface area contributed by atoms with Crippen LogP contribution in [0.3, 0.4) is 0 Å². The number of carbonyl (C=O) groups is 1. The van der Waals surface area contributed by atoms with Gasteiger partial charge >= 0.3 is 5.69 Å². The van der Waals surface area contributed by atoms with Gasteiger partial charge in [0, 0.05) is 18.4 Å². The minimum absolute atomic E-state index is 0.0637. The van der Waals surface area contributed by atoms with Gasteiger partial charge in [0.05, 0.1) is 6.54 Å². The molecule has 110 valence electrons. The minimum atomic E-state index is -0.347. The maximum absolute atomic E-state index is 12.1. The standard InChI is InChI=1S/C15H18N4O2/c1-15(11-5-3-2-4-6-11)8-7-13(20)19(10-15)9-12-16-14(21)18-17-12/h2-6H,7-10H2,1H3,(H2,16,17,18,21). The summed E-state index contributed by atoms with van der Waals surface area (Å²) in [5.74, 6) is 0.595. The Morgan fingerprint density at radius 1 is 1.29 bits per heavy atom. The lowest BCUT2D eigenvalue weighted by Crippen LogP contribution is -2.47. The van der Waals surface area contributed by atoms with Crippen molar-refractivity contribution in [3.8, 4) is 0 Å². The van der Waals surface area contributed by atoms with Crippen molar-refractivity contribution in [1.82, 2.24) is 20.1 Å². The number of hydrogen-bond acceptors (Lipinski definition) is 3. The van der Waals surface area contributed by atoms with E-state index in [1.165, 1.54) is 5.56 Å². The predicted molar refractivity (Wildman–Crippen MR) is 77.7 cm³/mol. The highest BCUT2D eigenvalue weighted by molar-refractivity contribution is 5.77. The average molecular weight is 286 g/mol. The molecule has 6 heteroatoms. The quantitative estimate of drug-likeness (QED) is 0.889. The van der Waals surface area contributed by atoms with E-state index in [9.17, 15) is 9.59 Å². The molecule has 0 saturated carbocycles. The maximum Gasteiger partial charge on any atom is 0.340 e. The number of benzene rings is 1. The molecule has 1 aliphatic heterocycles. The Bertz CT molecular complexity index is 691. The summed E-state index contributed by atoms with van der Waals surface area (Å²) in [6.07, 6.45) is 1.35. The molecular formula is C15H18N4O2. The molecule has 21 heavy (non-hydrogen) atoms. The third kappa shape index (κ3) is 2.74. The molecule has 1 aromatic heterocycles. The number of likely N-dealkylation sites (tertiary alicyclic amines) is 1. The first kappa shape index (κ1) is 13.6. The third-order valence-corrected chi connectivity index (χ3v) is 4.14. The molecule has 1 saturated heterocycles. The molecule has 1 aliphatic rings. The Morgan fingerprint density at radius 3 is 2.71 bits per heavy atom. The Kier molecular flexibility index (Phi) is 3.37. The summed E-state index contributed by atoms with van der Waals surface area (Å²) < 4.78 is 0. The van der Waals surface area contributed by atoms with E-state index >= 15 is 0 Å². The third-order valence-electron chi connectivity index (χ3n) is 4.14. The van der Waals surface area contributed by atoms with Gasteiger partial charge in [0.25, 0.3) is 0 Å². The number of hydrogen-bond donors (Lipinski definition) is 2.